The van der Waals surface area contributed by atoms with Crippen LogP contribution in [0.4, 0.5) is 23.3 Å². The number of benzene rings is 2. The number of aliphatic hydroxyl groups is 2. The molecule has 2 fully saturated rings. The lowest BCUT2D eigenvalue weighted by Gasteiger charge is -2.34. The highest BCUT2D eigenvalue weighted by Crippen LogP contribution is 2.31. The number of aliphatic imine (C=N–C) groups is 2. The molecule has 25 nitrogen and oxygen atoms in total. The Balaban J connectivity index is 0.000000325. The minimum absolute atomic E-state index is 0.00614. The second-order valence-corrected chi connectivity index (χ2v) is 26.6. The standard InChI is InChI=1S/C31H49ClN8O3.C30H48ClN9O5S/c1-3-22-19-23(10-12-24(22)41)25(42)11-9-20(2)7-6-8-21-13-17-40(18-14-21)16-5-4-15-36-31(35)39-30(43)26-28(33)38-29(34)27(32)37-26;1-20(7-9-23(41)21-8-10-24(42)22(18-21)19-46(2,44)45)6-5-13-40-16-14-39(15-17-40)12-4-3-11-35-30(34)38-29(43)25-27(32)37-28(33)26(31)36-25/h10,12,19-21,25,41-42H,3-9,11,13-18H2,1-2H3,(H4,33,34,38)(H3,35,36,39,43);8,10,18,20,23,41-42H,3-7,9,11-17,19H2,1-2H3,(H4,32,33,37)(H3,34,35,38,43)/t20-,25+;20-,23+/m11/s1. The fourth-order valence-electron chi connectivity index (χ4n) is 10.9. The number of phenolic OH excluding ortho intramolecular Hbond substituents is 2. The number of likely N-dealkylation sites (tertiary alicyclic amines) is 1. The van der Waals surface area contributed by atoms with E-state index in [0.717, 1.165) is 146 Å². The van der Waals surface area contributed by atoms with Crippen molar-refractivity contribution in [1.29, 1.82) is 0 Å². The largest absolute Gasteiger partial charge is 0.508 e. The zero-order valence-corrected chi connectivity index (χ0v) is 54.6. The van der Waals surface area contributed by atoms with E-state index in [2.05, 4.69) is 69.1 Å². The van der Waals surface area contributed by atoms with Gasteiger partial charge in [-0.15, -0.1) is 0 Å². The van der Waals surface area contributed by atoms with Crippen LogP contribution >= 0.6 is 23.2 Å². The first kappa shape index (κ1) is 73.3. The fraction of sp³-hybridized carbons (Fsp3) is 0.607. The Hall–Kier alpha value is -6.39. The van der Waals surface area contributed by atoms with Crippen molar-refractivity contribution in [2.75, 3.05) is 101 Å². The van der Waals surface area contributed by atoms with Gasteiger partial charge in [0, 0.05) is 51.1 Å². The highest BCUT2D eigenvalue weighted by molar-refractivity contribution is 7.89. The number of aryl methyl sites for hydroxylation is 1. The number of aromatic nitrogens is 4. The summed E-state index contributed by atoms with van der Waals surface area (Å²) in [6.45, 7) is 16.9. The molecule has 89 heavy (non-hydrogen) atoms. The number of unbranched alkanes of at least 4 members (excludes halogenated alkanes) is 2. The average molecular weight is 1300 g/mol. The summed E-state index contributed by atoms with van der Waals surface area (Å²) < 4.78 is 23.3. The number of nitrogen functional groups attached to an aromatic ring is 4. The van der Waals surface area contributed by atoms with E-state index in [-0.39, 0.29) is 68.4 Å². The number of halogens is 2. The van der Waals surface area contributed by atoms with Crippen LogP contribution in [0.2, 0.25) is 10.3 Å². The van der Waals surface area contributed by atoms with E-state index in [0.29, 0.717) is 48.2 Å². The number of nitrogens with one attached hydrogen (secondary N) is 2. The number of anilines is 4. The van der Waals surface area contributed by atoms with Gasteiger partial charge in [-0.1, -0.05) is 75.4 Å². The van der Waals surface area contributed by atoms with Crippen molar-refractivity contribution in [2.24, 2.45) is 39.2 Å². The summed E-state index contributed by atoms with van der Waals surface area (Å²) in [6, 6.07) is 10.1. The number of rotatable bonds is 31. The van der Waals surface area contributed by atoms with E-state index >= 15 is 0 Å². The van der Waals surface area contributed by atoms with Crippen LogP contribution in [0.3, 0.4) is 0 Å². The number of carbonyl (C=O) groups is 2. The number of hydrogen-bond donors (Lipinski definition) is 12. The number of aromatic hydroxyl groups is 2. The van der Waals surface area contributed by atoms with E-state index in [1.807, 2.05) is 19.1 Å². The molecule has 4 atom stereocenters. The van der Waals surface area contributed by atoms with Crippen molar-refractivity contribution in [3.63, 3.8) is 0 Å². The summed E-state index contributed by atoms with van der Waals surface area (Å²) in [7, 11) is -3.29. The Kier molecular flexibility index (Phi) is 30.5. The highest BCUT2D eigenvalue weighted by Gasteiger charge is 2.23. The minimum atomic E-state index is -3.29. The minimum Gasteiger partial charge on any atom is -0.508 e. The van der Waals surface area contributed by atoms with Crippen molar-refractivity contribution >= 4 is 80.0 Å². The molecule has 2 aromatic heterocycles. The van der Waals surface area contributed by atoms with Crippen LogP contribution in [0.1, 0.15) is 173 Å². The van der Waals surface area contributed by atoms with Crippen LogP contribution in [0.25, 0.3) is 0 Å². The van der Waals surface area contributed by atoms with Crippen LogP contribution in [-0.2, 0) is 22.0 Å². The van der Waals surface area contributed by atoms with Gasteiger partial charge in [-0.2, -0.15) is 0 Å². The van der Waals surface area contributed by atoms with Crippen LogP contribution in [0, 0.1) is 17.8 Å². The average Bonchev–Trinajstić information content (AvgIpc) is 2.91. The third-order valence-corrected chi connectivity index (χ3v) is 17.7. The van der Waals surface area contributed by atoms with Gasteiger partial charge in [0.2, 0.25) is 0 Å². The van der Waals surface area contributed by atoms with Gasteiger partial charge in [-0.3, -0.25) is 30.2 Å². The summed E-state index contributed by atoms with van der Waals surface area (Å²) in [5.41, 5.74) is 36.5. The first-order valence-electron chi connectivity index (χ1n) is 31.0. The second kappa shape index (κ2) is 37.1. The molecular weight excluding hydrogens is 1200 g/mol. The number of guanidine groups is 2. The van der Waals surface area contributed by atoms with Crippen LogP contribution < -0.4 is 45.0 Å². The number of hydrogen-bond acceptors (Lipinski definition) is 21. The highest BCUT2D eigenvalue weighted by atomic mass is 35.5. The molecule has 2 aliphatic heterocycles. The third-order valence-electron chi connectivity index (χ3n) is 16.3. The molecule has 0 spiro atoms. The van der Waals surface area contributed by atoms with E-state index in [9.17, 15) is 38.4 Å². The summed E-state index contributed by atoms with van der Waals surface area (Å²) in [4.78, 5) is 55.8. The van der Waals surface area contributed by atoms with Crippen molar-refractivity contribution in [2.45, 2.75) is 141 Å². The monoisotopic (exact) mass is 1300 g/mol. The molecule has 0 unspecified atom stereocenters. The number of piperazine rings is 1. The van der Waals surface area contributed by atoms with Crippen molar-refractivity contribution in [3.8, 4) is 11.5 Å². The normalized spacial score (nSPS) is 16.3. The Morgan fingerprint density at radius 1 is 0.607 bits per heavy atom. The Bertz CT molecular complexity index is 3080. The SMILES string of the molecule is CCc1cc([C@@H](O)CC[C@H](C)CCCC2CCN(CCCCN=C(N)NC(=O)c3nc(Cl)c(N)nc3N)CC2)ccc1O.C[C@H](CCCN1CCN(CCCCN=C(N)NC(=O)c2nc(Cl)c(N)nc2N)CC1)CC[C@H](O)c1ccc(O)c(CS(C)(=O)=O)c1. The van der Waals surface area contributed by atoms with E-state index < -0.39 is 33.9 Å². The summed E-state index contributed by atoms with van der Waals surface area (Å²) in [5, 5.41) is 45.8. The number of nitrogens with zero attached hydrogens (tertiary/aromatic N) is 9. The van der Waals surface area contributed by atoms with Gasteiger partial charge in [0.1, 0.15) is 11.5 Å². The predicted molar refractivity (Wildman–Crippen MR) is 354 cm³/mol. The molecule has 0 radical (unpaired) electrons. The summed E-state index contributed by atoms with van der Waals surface area (Å²) in [5.74, 6) is 0.0927. The van der Waals surface area contributed by atoms with Gasteiger partial charge in [0.25, 0.3) is 11.8 Å². The molecular formula is C61H97Cl2N17O8S. The molecule has 0 aliphatic carbocycles. The molecule has 6 rings (SSSR count). The van der Waals surface area contributed by atoms with Crippen LogP contribution in [-0.4, -0.2) is 165 Å². The molecule has 4 aromatic rings. The third kappa shape index (κ3) is 26.2. The van der Waals surface area contributed by atoms with Crippen molar-refractivity contribution in [1.82, 2.24) is 45.3 Å². The number of carbonyl (C=O) groups excluding carboxylic acids is 2. The van der Waals surface area contributed by atoms with Gasteiger partial charge in [-0.05, 0) is 175 Å². The first-order valence-corrected chi connectivity index (χ1v) is 33.8. The number of sulfone groups is 1. The molecule has 0 bridgehead atoms. The number of piperidine rings is 1. The molecule has 2 aliphatic rings. The number of phenols is 2. The molecule has 0 saturated carbocycles. The second-order valence-electron chi connectivity index (χ2n) is 23.8. The molecule has 18 N–H and O–H groups in total. The van der Waals surface area contributed by atoms with Crippen molar-refractivity contribution < 1.29 is 38.4 Å². The first-order chi connectivity index (χ1) is 42.3. The van der Waals surface area contributed by atoms with E-state index in [4.69, 9.17) is 57.6 Å². The molecule has 2 saturated heterocycles. The maximum absolute atomic E-state index is 12.3. The zero-order chi connectivity index (χ0) is 65.2. The van der Waals surface area contributed by atoms with Crippen LogP contribution in [0.15, 0.2) is 46.4 Å². The summed E-state index contributed by atoms with van der Waals surface area (Å²) >= 11 is 11.6. The smallest absolute Gasteiger partial charge is 0.280 e. The predicted octanol–water partition coefficient (Wildman–Crippen LogP) is 6.34. The Morgan fingerprint density at radius 3 is 1.47 bits per heavy atom. The van der Waals surface area contributed by atoms with Gasteiger partial charge >= 0.3 is 0 Å². The zero-order valence-electron chi connectivity index (χ0n) is 52.2. The lowest BCUT2D eigenvalue weighted by molar-refractivity contribution is 0.0964. The lowest BCUT2D eigenvalue weighted by Crippen LogP contribution is -2.46. The van der Waals surface area contributed by atoms with Gasteiger partial charge < -0.3 is 69.5 Å². The van der Waals surface area contributed by atoms with E-state index in [1.54, 1.807) is 18.2 Å². The lowest BCUT2D eigenvalue weighted by atomic mass is 9.88. The molecule has 2 amide bonds. The maximum atomic E-state index is 12.3. The molecule has 494 valence electrons. The summed E-state index contributed by atoms with van der Waals surface area (Å²) in [6.07, 6.45) is 15.9. The topological polar surface area (TPSA) is 415 Å². The number of aliphatic hydroxyl groups excluding tert-OH is 2. The van der Waals surface area contributed by atoms with Crippen molar-refractivity contribution in [3.05, 3.63) is 80.3 Å². The number of amides is 2. The van der Waals surface area contributed by atoms with E-state index in [1.165, 1.54) is 38.2 Å². The Morgan fingerprint density at radius 2 is 1.02 bits per heavy atom. The molecule has 28 heteroatoms. The molecule has 2 aromatic carbocycles. The maximum Gasteiger partial charge on any atom is 0.280 e. The Labute approximate surface area is 534 Å². The fourth-order valence-corrected chi connectivity index (χ4v) is 12.0. The van der Waals surface area contributed by atoms with Gasteiger partial charge in [-0.25, -0.2) is 28.4 Å². The number of nitrogens with two attached hydrogens (primary N) is 6. The molecule has 4 heterocycles. The van der Waals surface area contributed by atoms with Gasteiger partial charge in [0.05, 0.1) is 18.0 Å². The van der Waals surface area contributed by atoms with Gasteiger partial charge in [0.15, 0.2) is 66.7 Å². The quantitative estimate of drug-likeness (QED) is 0.0149. The van der Waals surface area contributed by atoms with Crippen LogP contribution in [0.5, 0.6) is 11.5 Å².